The Balaban J connectivity index is 1.79. The minimum atomic E-state index is -0.750. The summed E-state index contributed by atoms with van der Waals surface area (Å²) >= 11 is 7.07. The lowest BCUT2D eigenvalue weighted by molar-refractivity contribution is 0.174. The van der Waals surface area contributed by atoms with Crippen LogP contribution in [0.4, 0.5) is 0 Å². The van der Waals surface area contributed by atoms with E-state index >= 15 is 0 Å². The molecular formula is C22H14Br2O2. The van der Waals surface area contributed by atoms with Crippen molar-refractivity contribution in [1.82, 2.24) is 0 Å². The van der Waals surface area contributed by atoms with Gasteiger partial charge >= 0.3 is 0 Å². The SMILES string of the molecule is O[C@@H]1c2cc3ccccc3cc2[C@@H](O)c2cc3cc(Br)c(Br)cc3cc21. The van der Waals surface area contributed by atoms with E-state index in [2.05, 4.69) is 31.9 Å². The Hall–Kier alpha value is -1.72. The summed E-state index contributed by atoms with van der Waals surface area (Å²) in [4.78, 5) is 0. The zero-order valence-corrected chi connectivity index (χ0v) is 16.8. The largest absolute Gasteiger partial charge is 0.384 e. The van der Waals surface area contributed by atoms with Gasteiger partial charge in [0.05, 0.1) is 0 Å². The van der Waals surface area contributed by atoms with Crippen LogP contribution in [0.5, 0.6) is 0 Å². The predicted octanol–water partition coefficient (Wildman–Crippen LogP) is 5.99. The van der Waals surface area contributed by atoms with Crippen LogP contribution in [0.15, 0.2) is 69.6 Å². The highest BCUT2D eigenvalue weighted by Gasteiger charge is 2.31. The molecule has 0 saturated heterocycles. The second kappa shape index (κ2) is 5.89. The van der Waals surface area contributed by atoms with Crippen LogP contribution in [0.25, 0.3) is 21.5 Å². The molecule has 26 heavy (non-hydrogen) atoms. The van der Waals surface area contributed by atoms with Crippen LogP contribution < -0.4 is 0 Å². The summed E-state index contributed by atoms with van der Waals surface area (Å²) in [5.41, 5.74) is 3.09. The average molecular weight is 470 g/mol. The van der Waals surface area contributed by atoms with Gasteiger partial charge in [-0.2, -0.15) is 0 Å². The van der Waals surface area contributed by atoms with E-state index in [1.54, 1.807) is 0 Å². The van der Waals surface area contributed by atoms with Gasteiger partial charge < -0.3 is 10.2 Å². The molecule has 128 valence electrons. The molecule has 4 aromatic carbocycles. The Kier molecular flexibility index (Phi) is 3.73. The van der Waals surface area contributed by atoms with Gasteiger partial charge in [0.1, 0.15) is 12.2 Å². The number of hydrogen-bond donors (Lipinski definition) is 2. The highest BCUT2D eigenvalue weighted by molar-refractivity contribution is 9.13. The second-order valence-electron chi connectivity index (χ2n) is 6.73. The van der Waals surface area contributed by atoms with Crippen LogP contribution in [0, 0.1) is 0 Å². The Morgan fingerprint density at radius 3 is 1.27 bits per heavy atom. The van der Waals surface area contributed by atoms with E-state index in [0.717, 1.165) is 52.7 Å². The monoisotopic (exact) mass is 468 g/mol. The number of hydrogen-bond acceptors (Lipinski definition) is 2. The molecule has 1 aliphatic rings. The molecule has 0 radical (unpaired) electrons. The molecule has 4 heteroatoms. The standard InChI is InChI=1S/C22H14Br2O2/c23-19-9-13-7-17-18(8-14(13)10-20(19)24)22(26)16-6-12-4-2-1-3-11(12)5-15(16)21(17)25/h1-10,21-22,25-26H/t21-,22-/m1/s1. The Bertz CT molecular complexity index is 1110. The lowest BCUT2D eigenvalue weighted by Gasteiger charge is -2.30. The molecule has 2 N–H and O–H groups in total. The molecule has 5 rings (SSSR count). The third kappa shape index (κ3) is 2.37. The van der Waals surface area contributed by atoms with Crippen molar-refractivity contribution in [2.75, 3.05) is 0 Å². The maximum atomic E-state index is 11.0. The summed E-state index contributed by atoms with van der Waals surface area (Å²) < 4.78 is 1.92. The van der Waals surface area contributed by atoms with Crippen LogP contribution in [0.1, 0.15) is 34.5 Å². The number of aliphatic hydroxyl groups is 2. The van der Waals surface area contributed by atoms with Gasteiger partial charge in [-0.25, -0.2) is 0 Å². The molecule has 0 unspecified atom stereocenters. The molecular weight excluding hydrogens is 456 g/mol. The summed E-state index contributed by atoms with van der Waals surface area (Å²) in [6, 6.07) is 20.0. The molecule has 0 bridgehead atoms. The van der Waals surface area contributed by atoms with Crippen molar-refractivity contribution < 1.29 is 10.2 Å². The van der Waals surface area contributed by atoms with Gasteiger partial charge in [0.2, 0.25) is 0 Å². The first kappa shape index (κ1) is 16.5. The Labute approximate surface area is 167 Å². The van der Waals surface area contributed by atoms with Crippen LogP contribution in [0.2, 0.25) is 0 Å². The minimum Gasteiger partial charge on any atom is -0.384 e. The van der Waals surface area contributed by atoms with Gasteiger partial charge in [0.25, 0.3) is 0 Å². The highest BCUT2D eigenvalue weighted by Crippen LogP contribution is 2.44. The topological polar surface area (TPSA) is 40.5 Å². The third-order valence-corrected chi connectivity index (χ3v) is 7.06. The van der Waals surface area contributed by atoms with Crippen molar-refractivity contribution >= 4 is 53.4 Å². The highest BCUT2D eigenvalue weighted by atomic mass is 79.9. The lowest BCUT2D eigenvalue weighted by atomic mass is 9.80. The fraction of sp³-hybridized carbons (Fsp3) is 0.0909. The zero-order chi connectivity index (χ0) is 18.0. The summed E-state index contributed by atoms with van der Waals surface area (Å²) in [5.74, 6) is 0. The van der Waals surface area contributed by atoms with Gasteiger partial charge in [0, 0.05) is 8.95 Å². The first-order valence-corrected chi connectivity index (χ1v) is 9.93. The fourth-order valence-corrected chi connectivity index (χ4v) is 4.61. The van der Waals surface area contributed by atoms with Crippen LogP contribution in [-0.2, 0) is 0 Å². The van der Waals surface area contributed by atoms with Crippen LogP contribution in [0.3, 0.4) is 0 Å². The molecule has 0 aliphatic heterocycles. The predicted molar refractivity (Wildman–Crippen MR) is 111 cm³/mol. The molecule has 0 aromatic heterocycles. The van der Waals surface area contributed by atoms with E-state index in [9.17, 15) is 10.2 Å². The Morgan fingerprint density at radius 1 is 0.538 bits per heavy atom. The van der Waals surface area contributed by atoms with Crippen molar-refractivity contribution in [3.05, 3.63) is 91.9 Å². The maximum Gasteiger partial charge on any atom is 0.105 e. The van der Waals surface area contributed by atoms with Gasteiger partial charge in [-0.3, -0.25) is 0 Å². The fourth-order valence-electron chi connectivity index (χ4n) is 3.89. The molecule has 0 spiro atoms. The van der Waals surface area contributed by atoms with Gasteiger partial charge in [0.15, 0.2) is 0 Å². The quantitative estimate of drug-likeness (QED) is 0.331. The first-order chi connectivity index (χ1) is 12.5. The van der Waals surface area contributed by atoms with E-state index in [1.165, 1.54) is 0 Å². The van der Waals surface area contributed by atoms with E-state index in [1.807, 2.05) is 60.7 Å². The van der Waals surface area contributed by atoms with Crippen molar-refractivity contribution in [2.24, 2.45) is 0 Å². The normalized spacial score (nSPS) is 18.8. The average Bonchev–Trinajstić information content (AvgIpc) is 2.65. The summed E-state index contributed by atoms with van der Waals surface area (Å²) in [5, 5.41) is 26.3. The third-order valence-electron chi connectivity index (χ3n) is 5.21. The van der Waals surface area contributed by atoms with Crippen molar-refractivity contribution in [3.63, 3.8) is 0 Å². The van der Waals surface area contributed by atoms with Crippen molar-refractivity contribution in [2.45, 2.75) is 12.2 Å². The van der Waals surface area contributed by atoms with Crippen molar-refractivity contribution in [3.8, 4) is 0 Å². The number of rotatable bonds is 0. The smallest absolute Gasteiger partial charge is 0.105 e. The number of halogens is 2. The summed E-state index contributed by atoms with van der Waals surface area (Å²) in [6.07, 6.45) is -1.50. The van der Waals surface area contributed by atoms with E-state index in [0.29, 0.717) is 0 Å². The van der Waals surface area contributed by atoms with E-state index in [4.69, 9.17) is 0 Å². The van der Waals surface area contributed by atoms with E-state index in [-0.39, 0.29) is 0 Å². The summed E-state index contributed by atoms with van der Waals surface area (Å²) in [7, 11) is 0. The van der Waals surface area contributed by atoms with E-state index < -0.39 is 12.2 Å². The first-order valence-electron chi connectivity index (χ1n) is 8.34. The zero-order valence-electron chi connectivity index (χ0n) is 13.6. The van der Waals surface area contributed by atoms with Gasteiger partial charge in [-0.05, 0) is 112 Å². The van der Waals surface area contributed by atoms with Crippen LogP contribution >= 0.6 is 31.9 Å². The molecule has 2 nitrogen and oxygen atoms in total. The summed E-state index contributed by atoms with van der Waals surface area (Å²) in [6.45, 7) is 0. The van der Waals surface area contributed by atoms with Gasteiger partial charge in [-0.15, -0.1) is 0 Å². The molecule has 4 aromatic rings. The molecule has 0 fully saturated rings. The number of benzene rings is 4. The minimum absolute atomic E-state index is 0.750. The molecule has 0 amide bonds. The number of aliphatic hydroxyl groups excluding tert-OH is 2. The molecule has 2 atom stereocenters. The maximum absolute atomic E-state index is 11.0. The lowest BCUT2D eigenvalue weighted by Crippen LogP contribution is -2.18. The van der Waals surface area contributed by atoms with Crippen LogP contribution in [-0.4, -0.2) is 10.2 Å². The van der Waals surface area contributed by atoms with Crippen molar-refractivity contribution in [1.29, 1.82) is 0 Å². The second-order valence-corrected chi connectivity index (χ2v) is 8.44. The Morgan fingerprint density at radius 2 is 0.885 bits per heavy atom. The molecule has 0 saturated carbocycles. The molecule has 1 aliphatic carbocycles. The van der Waals surface area contributed by atoms with Gasteiger partial charge in [-0.1, -0.05) is 24.3 Å². The number of fused-ring (bicyclic) bond motifs is 4. The molecule has 0 heterocycles.